The van der Waals surface area contributed by atoms with Crippen LogP contribution in [0.25, 0.3) is 17.2 Å². The molecule has 3 aromatic heterocycles. The number of hydrogen-bond donors (Lipinski definition) is 3. The molecule has 0 bridgehead atoms. The lowest BCUT2D eigenvalue weighted by atomic mass is 9.85. The van der Waals surface area contributed by atoms with Crippen LogP contribution in [0.1, 0.15) is 59.6 Å². The van der Waals surface area contributed by atoms with Crippen LogP contribution in [0.4, 0.5) is 18.9 Å². The number of aromatic nitrogens is 5. The molecule has 270 valence electrons. The Hall–Kier alpha value is -5.32. The number of carbonyl (C=O) groups is 2. The fourth-order valence-corrected chi connectivity index (χ4v) is 6.84. The molecule has 2 aliphatic heterocycles. The number of anilines is 1. The van der Waals surface area contributed by atoms with E-state index in [0.717, 1.165) is 16.6 Å². The molecule has 5 aromatic rings. The van der Waals surface area contributed by atoms with Gasteiger partial charge in [0.25, 0.3) is 11.5 Å². The highest BCUT2D eigenvalue weighted by Crippen LogP contribution is 2.43. The number of fused-ring (bicyclic) bond motifs is 3. The normalized spacial score (nSPS) is 15.6. The molecule has 7 rings (SSSR count). The predicted molar refractivity (Wildman–Crippen MR) is 181 cm³/mol. The molecular weight excluding hydrogens is 707 g/mol. The minimum atomic E-state index is -4.63. The highest BCUT2D eigenvalue weighted by atomic mass is 35.5. The molecule has 0 aliphatic carbocycles. The molecule has 1 saturated heterocycles. The average molecular weight is 738 g/mol. The topological polar surface area (TPSA) is 164 Å². The van der Waals surface area contributed by atoms with Crippen LogP contribution in [-0.2, 0) is 40.1 Å². The maximum absolute atomic E-state index is 14.3. The Morgan fingerprint density at radius 3 is 2.48 bits per heavy atom. The third-order valence-corrected chi connectivity index (χ3v) is 9.65. The van der Waals surface area contributed by atoms with Crippen LogP contribution in [0.5, 0.6) is 5.75 Å². The highest BCUT2D eigenvalue weighted by Gasteiger charge is 2.48. The molecule has 1 fully saturated rings. The number of carbonyl (C=O) groups excluding carboxylic acids is 2. The number of nitrogens with one attached hydrogen (secondary N) is 1. The van der Waals surface area contributed by atoms with E-state index in [1.807, 2.05) is 0 Å². The van der Waals surface area contributed by atoms with Crippen LogP contribution < -0.4 is 10.9 Å². The minimum Gasteiger partial charge on any atom is -0.505 e. The van der Waals surface area contributed by atoms with Crippen LogP contribution in [-0.4, -0.2) is 64.2 Å². The van der Waals surface area contributed by atoms with E-state index >= 15 is 0 Å². The fourth-order valence-electron chi connectivity index (χ4n) is 6.62. The maximum Gasteiger partial charge on any atom is 0.416 e. The number of ether oxygens (including phenoxy) is 1. The van der Waals surface area contributed by atoms with E-state index in [-0.39, 0.29) is 71.9 Å². The molecule has 2 aromatic carbocycles. The number of aliphatic hydroxyl groups is 1. The Morgan fingerprint density at radius 1 is 1.06 bits per heavy atom. The molecule has 52 heavy (non-hydrogen) atoms. The van der Waals surface area contributed by atoms with Crippen LogP contribution >= 0.6 is 11.6 Å². The molecule has 13 nitrogen and oxygen atoms in total. The van der Waals surface area contributed by atoms with Crippen molar-refractivity contribution in [1.82, 2.24) is 29.0 Å². The van der Waals surface area contributed by atoms with E-state index in [9.17, 15) is 37.8 Å². The standard InChI is InChI=1S/C35H31ClF3N7O6/c1-33(2,51)20-6-3-5-19(15-20)29-42-32-45(17-26(48)41-23-9-8-21(16-22(23)36)35(37,38)39)24-18-52-34(27(24)30(49)46(32)43-29)10-13-44(14-11-34)31(50)28-25(47)7-4-12-40-28/h3-9,12,15-16,47,51H,10-11,13-14,17-18H2,1-2H3,(H,41,48). The van der Waals surface area contributed by atoms with Crippen LogP contribution in [0.3, 0.4) is 0 Å². The molecular formula is C35H31ClF3N7O6. The van der Waals surface area contributed by atoms with Gasteiger partial charge < -0.3 is 29.7 Å². The van der Waals surface area contributed by atoms with Gasteiger partial charge in [0.1, 0.15) is 17.9 Å². The van der Waals surface area contributed by atoms with Crippen LogP contribution in [0.2, 0.25) is 5.02 Å². The van der Waals surface area contributed by atoms with Crippen molar-refractivity contribution in [2.45, 2.75) is 57.2 Å². The Bertz CT molecular complexity index is 2310. The summed E-state index contributed by atoms with van der Waals surface area (Å²) < 4.78 is 48.5. The number of aromatic hydroxyl groups is 1. The summed E-state index contributed by atoms with van der Waals surface area (Å²) in [5, 5.41) is 27.5. The zero-order chi connectivity index (χ0) is 37.2. The first-order valence-electron chi connectivity index (χ1n) is 16.2. The van der Waals surface area contributed by atoms with Gasteiger partial charge in [-0.3, -0.25) is 14.4 Å². The van der Waals surface area contributed by atoms with Crippen molar-refractivity contribution in [3.05, 3.63) is 104 Å². The Labute approximate surface area is 298 Å². The van der Waals surface area contributed by atoms with Gasteiger partial charge in [0.15, 0.2) is 11.5 Å². The van der Waals surface area contributed by atoms with Gasteiger partial charge in [-0.25, -0.2) is 4.98 Å². The summed E-state index contributed by atoms with van der Waals surface area (Å²) in [5.74, 6) is -1.28. The Kier molecular flexibility index (Phi) is 8.58. The van der Waals surface area contributed by atoms with Crippen LogP contribution in [0.15, 0.2) is 65.6 Å². The van der Waals surface area contributed by atoms with E-state index in [2.05, 4.69) is 20.4 Å². The molecule has 0 atom stereocenters. The van der Waals surface area contributed by atoms with Gasteiger partial charge >= 0.3 is 6.18 Å². The van der Waals surface area contributed by atoms with Crippen molar-refractivity contribution in [3.8, 4) is 17.1 Å². The zero-order valence-electron chi connectivity index (χ0n) is 27.7. The number of likely N-dealkylation sites (tertiary alicyclic amines) is 1. The first kappa shape index (κ1) is 35.1. The number of piperidine rings is 1. The number of rotatable bonds is 6. The summed E-state index contributed by atoms with van der Waals surface area (Å²) in [6.45, 7) is 3.01. The summed E-state index contributed by atoms with van der Waals surface area (Å²) in [5.41, 5.74) is -2.38. The molecule has 3 N–H and O–H groups in total. The lowest BCUT2D eigenvalue weighted by Gasteiger charge is -2.38. The first-order chi connectivity index (χ1) is 24.6. The number of alkyl halides is 3. The van der Waals surface area contributed by atoms with Crippen molar-refractivity contribution in [1.29, 1.82) is 0 Å². The Morgan fingerprint density at radius 2 is 1.81 bits per heavy atom. The number of halogens is 4. The quantitative estimate of drug-likeness (QED) is 0.221. The largest absolute Gasteiger partial charge is 0.505 e. The van der Waals surface area contributed by atoms with Gasteiger partial charge in [0.2, 0.25) is 11.7 Å². The van der Waals surface area contributed by atoms with Crippen molar-refractivity contribution < 1.29 is 37.7 Å². The molecule has 2 aliphatic rings. The second-order valence-corrected chi connectivity index (χ2v) is 13.6. The zero-order valence-corrected chi connectivity index (χ0v) is 28.5. The fraction of sp³-hybridized carbons (Fsp3) is 0.314. The van der Waals surface area contributed by atoms with E-state index in [4.69, 9.17) is 16.3 Å². The number of nitrogens with zero attached hydrogens (tertiary/aromatic N) is 6. The third-order valence-electron chi connectivity index (χ3n) is 9.34. The predicted octanol–water partition coefficient (Wildman–Crippen LogP) is 4.86. The first-order valence-corrected chi connectivity index (χ1v) is 16.5. The van der Waals surface area contributed by atoms with Gasteiger partial charge in [-0.1, -0.05) is 29.8 Å². The maximum atomic E-state index is 14.3. The van der Waals surface area contributed by atoms with E-state index in [1.165, 1.54) is 27.8 Å². The molecule has 0 unspecified atom stereocenters. The van der Waals surface area contributed by atoms with Crippen molar-refractivity contribution in [3.63, 3.8) is 0 Å². The number of pyridine rings is 1. The summed E-state index contributed by atoms with van der Waals surface area (Å²) in [7, 11) is 0. The lowest BCUT2D eigenvalue weighted by molar-refractivity contribution is -0.137. The van der Waals surface area contributed by atoms with Crippen molar-refractivity contribution >= 4 is 34.9 Å². The smallest absolute Gasteiger partial charge is 0.416 e. The SMILES string of the molecule is CC(C)(O)c1cccc(-c2nc3n(CC(=O)Nc4ccc(C(F)(F)F)cc4Cl)c4c(c(=O)n3n2)C2(CCN(C(=O)c3ncccc3O)CC2)OC4)c1. The minimum absolute atomic E-state index is 0.0000287. The Balaban J connectivity index is 1.28. The van der Waals surface area contributed by atoms with Gasteiger partial charge in [-0.05, 0) is 68.7 Å². The molecule has 0 saturated carbocycles. The molecule has 17 heteroatoms. The van der Waals surface area contributed by atoms with Gasteiger partial charge in [-0.15, -0.1) is 5.10 Å². The van der Waals surface area contributed by atoms with Crippen LogP contribution in [0, 0.1) is 0 Å². The monoisotopic (exact) mass is 737 g/mol. The van der Waals surface area contributed by atoms with Gasteiger partial charge in [-0.2, -0.15) is 22.7 Å². The van der Waals surface area contributed by atoms with E-state index < -0.39 is 46.9 Å². The molecule has 1 spiro atoms. The summed E-state index contributed by atoms with van der Waals surface area (Å²) >= 11 is 6.11. The van der Waals surface area contributed by atoms with Crippen molar-refractivity contribution in [2.75, 3.05) is 18.4 Å². The van der Waals surface area contributed by atoms with Gasteiger partial charge in [0.05, 0.1) is 39.7 Å². The van der Waals surface area contributed by atoms with E-state index in [0.29, 0.717) is 22.9 Å². The van der Waals surface area contributed by atoms with Crippen molar-refractivity contribution in [2.24, 2.45) is 0 Å². The summed E-state index contributed by atoms with van der Waals surface area (Å²) in [6.07, 6.45) is -2.84. The number of amides is 2. The van der Waals surface area contributed by atoms with Gasteiger partial charge in [0, 0.05) is 24.8 Å². The second-order valence-electron chi connectivity index (χ2n) is 13.2. The summed E-state index contributed by atoms with van der Waals surface area (Å²) in [6, 6.07) is 12.3. The number of benzene rings is 2. The molecule has 5 heterocycles. The highest BCUT2D eigenvalue weighted by molar-refractivity contribution is 6.33. The van der Waals surface area contributed by atoms with E-state index in [1.54, 1.807) is 38.1 Å². The second kappa shape index (κ2) is 12.7. The molecule has 2 amide bonds. The summed E-state index contributed by atoms with van der Waals surface area (Å²) in [4.78, 5) is 51.2. The molecule has 0 radical (unpaired) electrons. The average Bonchev–Trinajstić information content (AvgIpc) is 3.71. The third kappa shape index (κ3) is 6.26. The lowest BCUT2D eigenvalue weighted by Crippen LogP contribution is -2.47. The number of hydrogen-bond acceptors (Lipinski definition) is 9.